The molecule has 2 aliphatic heterocycles. The lowest BCUT2D eigenvalue weighted by atomic mass is 9.69. The number of aromatic nitrogens is 2. The molecule has 0 unspecified atom stereocenters. The maximum Gasteiger partial charge on any atom is 0.282 e. The fraction of sp³-hybridized carbons (Fsp3) is 0.400. The summed E-state index contributed by atoms with van der Waals surface area (Å²) in [4.78, 5) is 31.7. The van der Waals surface area contributed by atoms with Crippen LogP contribution >= 0.6 is 11.6 Å². The van der Waals surface area contributed by atoms with E-state index < -0.39 is 0 Å². The number of ketones is 1. The Labute approximate surface area is 185 Å². The van der Waals surface area contributed by atoms with Crippen molar-refractivity contribution in [2.75, 3.05) is 18.0 Å². The summed E-state index contributed by atoms with van der Waals surface area (Å²) in [6.07, 6.45) is 6.70. The first-order valence-electron chi connectivity index (χ1n) is 11.2. The quantitative estimate of drug-likeness (QED) is 0.554. The van der Waals surface area contributed by atoms with Crippen LogP contribution in [0.3, 0.4) is 0 Å². The number of anilines is 1. The minimum absolute atomic E-state index is 0.231. The topological polar surface area (TPSA) is 55.2 Å². The minimum atomic E-state index is -0.237. The first-order chi connectivity index (χ1) is 15.1. The third-order valence-corrected chi connectivity index (χ3v) is 7.74. The van der Waals surface area contributed by atoms with Crippen molar-refractivity contribution in [2.45, 2.75) is 50.4 Å². The molecule has 0 bridgehead atoms. The Kier molecular flexibility index (Phi) is 4.26. The van der Waals surface area contributed by atoms with Gasteiger partial charge in [-0.05, 0) is 48.7 Å². The average Bonchev–Trinajstić information content (AvgIpc) is 3.04. The van der Waals surface area contributed by atoms with E-state index in [1.54, 1.807) is 6.07 Å². The summed E-state index contributed by atoms with van der Waals surface area (Å²) in [5, 5.41) is 0.941. The third-order valence-electron chi connectivity index (χ3n) is 7.42. The molecule has 0 radical (unpaired) electrons. The van der Waals surface area contributed by atoms with Crippen molar-refractivity contribution in [3.8, 4) is 5.69 Å². The molecule has 31 heavy (non-hydrogen) atoms. The molecule has 1 aliphatic carbocycles. The highest BCUT2D eigenvalue weighted by atomic mass is 35.5. The number of piperidine rings is 1. The molecule has 3 aliphatic rings. The molecule has 0 N–H and O–H groups in total. The molecule has 0 amide bonds. The highest BCUT2D eigenvalue weighted by molar-refractivity contribution is 6.35. The third kappa shape index (κ3) is 2.72. The second kappa shape index (κ2) is 6.92. The van der Waals surface area contributed by atoms with Gasteiger partial charge in [-0.1, -0.05) is 36.9 Å². The van der Waals surface area contributed by atoms with Crippen molar-refractivity contribution in [3.63, 3.8) is 0 Å². The highest BCUT2D eigenvalue weighted by Gasteiger charge is 2.46. The number of halogens is 1. The maximum atomic E-state index is 13.0. The van der Waals surface area contributed by atoms with Crippen molar-refractivity contribution in [1.29, 1.82) is 0 Å². The van der Waals surface area contributed by atoms with Gasteiger partial charge in [0.15, 0.2) is 0 Å². The molecule has 1 saturated heterocycles. The van der Waals surface area contributed by atoms with Crippen LogP contribution < -0.4 is 10.5 Å². The van der Waals surface area contributed by atoms with Crippen LogP contribution in [0.4, 0.5) is 5.69 Å². The van der Waals surface area contributed by atoms with Crippen LogP contribution in [0, 0.1) is 0 Å². The molecular formula is C25H24ClN3O2. The summed E-state index contributed by atoms with van der Waals surface area (Å²) in [5.74, 6) is 1.22. The Hall–Kier alpha value is -2.66. The lowest BCUT2D eigenvalue weighted by molar-refractivity contribution is -0.119. The summed E-state index contributed by atoms with van der Waals surface area (Å²) < 4.78 is 2.17. The standard InChI is InChI=1S/C25H24ClN3O2/c26-19-5-4-6-21-22(19)23(31)27-24-25(11-2-1-3-12-25)18-15-16(7-8-20(18)29(21)24)28-13-9-17(30)10-14-28/h4-8,15H,1-3,9-14H2. The molecule has 158 valence electrons. The van der Waals surface area contributed by atoms with Crippen molar-refractivity contribution < 1.29 is 4.79 Å². The van der Waals surface area contributed by atoms with Gasteiger partial charge < -0.3 is 4.90 Å². The van der Waals surface area contributed by atoms with Crippen LogP contribution in [0.25, 0.3) is 16.6 Å². The molecular weight excluding hydrogens is 410 g/mol. The molecule has 0 atom stereocenters. The average molecular weight is 434 g/mol. The van der Waals surface area contributed by atoms with E-state index in [-0.39, 0.29) is 11.0 Å². The Morgan fingerprint density at radius 1 is 0.968 bits per heavy atom. The van der Waals surface area contributed by atoms with Crippen LogP contribution in [0.1, 0.15) is 56.3 Å². The van der Waals surface area contributed by atoms with E-state index in [9.17, 15) is 9.59 Å². The van der Waals surface area contributed by atoms with E-state index in [0.717, 1.165) is 61.5 Å². The van der Waals surface area contributed by atoms with Crippen LogP contribution in [-0.2, 0) is 10.2 Å². The Balaban J connectivity index is 1.60. The van der Waals surface area contributed by atoms with Crippen LogP contribution in [0.15, 0.2) is 41.2 Å². The van der Waals surface area contributed by atoms with Gasteiger partial charge in [0.2, 0.25) is 0 Å². The summed E-state index contributed by atoms with van der Waals surface area (Å²) in [7, 11) is 0. The SMILES string of the molecule is O=C1CCN(c2ccc3c(c2)C2(CCCCC2)c2nc(=O)c4c(Cl)cccc4n2-3)CC1. The second-order valence-electron chi connectivity index (χ2n) is 9.08. The van der Waals surface area contributed by atoms with Crippen LogP contribution in [-0.4, -0.2) is 28.4 Å². The largest absolute Gasteiger partial charge is 0.371 e. The van der Waals surface area contributed by atoms with Gasteiger partial charge in [0.05, 0.1) is 27.0 Å². The van der Waals surface area contributed by atoms with E-state index in [4.69, 9.17) is 11.6 Å². The normalized spacial score (nSPS) is 19.6. The summed E-state index contributed by atoms with van der Waals surface area (Å²) >= 11 is 6.42. The van der Waals surface area contributed by atoms with E-state index in [0.29, 0.717) is 29.0 Å². The van der Waals surface area contributed by atoms with Gasteiger partial charge in [0, 0.05) is 31.6 Å². The summed E-state index contributed by atoms with van der Waals surface area (Å²) in [6, 6.07) is 12.2. The van der Waals surface area contributed by atoms with Crippen LogP contribution in [0.5, 0.6) is 0 Å². The molecule has 3 heterocycles. The number of Topliss-reactive ketones (excluding diaryl/α,β-unsaturated/α-hetero) is 1. The molecule has 5 nitrogen and oxygen atoms in total. The van der Waals surface area contributed by atoms with E-state index in [1.807, 2.05) is 12.1 Å². The molecule has 1 aromatic heterocycles. The molecule has 3 aromatic rings. The number of rotatable bonds is 1. The number of fused-ring (bicyclic) bond motifs is 7. The first-order valence-corrected chi connectivity index (χ1v) is 11.6. The van der Waals surface area contributed by atoms with Gasteiger partial charge >= 0.3 is 0 Å². The van der Waals surface area contributed by atoms with Crippen molar-refractivity contribution in [3.05, 3.63) is 63.2 Å². The summed E-state index contributed by atoms with van der Waals surface area (Å²) in [5.41, 5.74) is 3.90. The monoisotopic (exact) mass is 433 g/mol. The van der Waals surface area contributed by atoms with E-state index in [2.05, 4.69) is 32.7 Å². The van der Waals surface area contributed by atoms with E-state index in [1.165, 1.54) is 12.0 Å². The Bertz CT molecular complexity index is 1280. The van der Waals surface area contributed by atoms with Crippen molar-refractivity contribution in [1.82, 2.24) is 9.55 Å². The Morgan fingerprint density at radius 2 is 1.74 bits per heavy atom. The number of hydrogen-bond donors (Lipinski definition) is 0. The predicted molar refractivity (Wildman–Crippen MR) is 123 cm³/mol. The highest BCUT2D eigenvalue weighted by Crippen LogP contribution is 2.52. The predicted octanol–water partition coefficient (Wildman–Crippen LogP) is 4.77. The Morgan fingerprint density at radius 3 is 2.52 bits per heavy atom. The lowest BCUT2D eigenvalue weighted by Crippen LogP contribution is -2.34. The zero-order valence-corrected chi connectivity index (χ0v) is 18.1. The van der Waals surface area contributed by atoms with Gasteiger partial charge in [0.25, 0.3) is 5.56 Å². The fourth-order valence-corrected chi connectivity index (χ4v) is 6.12. The first kappa shape index (κ1) is 19.1. The molecule has 1 saturated carbocycles. The van der Waals surface area contributed by atoms with Gasteiger partial charge in [-0.3, -0.25) is 14.2 Å². The molecule has 1 spiro atoms. The number of carbonyl (C=O) groups is 1. The zero-order chi connectivity index (χ0) is 21.2. The van der Waals surface area contributed by atoms with Gasteiger partial charge in [-0.2, -0.15) is 4.98 Å². The second-order valence-corrected chi connectivity index (χ2v) is 9.49. The van der Waals surface area contributed by atoms with Gasteiger partial charge in [-0.25, -0.2) is 0 Å². The van der Waals surface area contributed by atoms with Gasteiger partial charge in [0.1, 0.15) is 11.6 Å². The van der Waals surface area contributed by atoms with Gasteiger partial charge in [-0.15, -0.1) is 0 Å². The number of carbonyl (C=O) groups excluding carboxylic acids is 1. The number of benzene rings is 2. The van der Waals surface area contributed by atoms with Crippen molar-refractivity contribution in [2.24, 2.45) is 0 Å². The number of hydrogen-bond acceptors (Lipinski definition) is 4. The molecule has 6 heteroatoms. The van der Waals surface area contributed by atoms with Crippen molar-refractivity contribution >= 4 is 34.0 Å². The van der Waals surface area contributed by atoms with Crippen LogP contribution in [0.2, 0.25) is 5.02 Å². The smallest absolute Gasteiger partial charge is 0.282 e. The number of nitrogens with zero attached hydrogens (tertiary/aromatic N) is 3. The summed E-state index contributed by atoms with van der Waals surface area (Å²) in [6.45, 7) is 1.54. The lowest BCUT2D eigenvalue weighted by Gasteiger charge is -2.34. The molecule has 2 aromatic carbocycles. The molecule has 2 fully saturated rings. The zero-order valence-electron chi connectivity index (χ0n) is 17.4. The maximum absolute atomic E-state index is 13.0. The minimum Gasteiger partial charge on any atom is -0.371 e. The van der Waals surface area contributed by atoms with E-state index >= 15 is 0 Å². The fourth-order valence-electron chi connectivity index (χ4n) is 5.87. The molecule has 6 rings (SSSR count).